The molecule has 0 aliphatic carbocycles. The van der Waals surface area contributed by atoms with E-state index in [9.17, 15) is 13.2 Å². The normalized spacial score (nSPS) is 15.2. The first-order chi connectivity index (χ1) is 13.4. The van der Waals surface area contributed by atoms with E-state index in [1.54, 1.807) is 24.3 Å². The van der Waals surface area contributed by atoms with Gasteiger partial charge in [0.25, 0.3) is 0 Å². The molecule has 3 rings (SSSR count). The van der Waals surface area contributed by atoms with Crippen LogP contribution in [-0.4, -0.2) is 51.5 Å². The predicted octanol–water partition coefficient (Wildman–Crippen LogP) is 2.37. The van der Waals surface area contributed by atoms with Gasteiger partial charge >= 0.3 is 0 Å². The van der Waals surface area contributed by atoms with Gasteiger partial charge in [0.1, 0.15) is 0 Å². The Bertz CT molecular complexity index is 916. The first kappa shape index (κ1) is 20.3. The Kier molecular flexibility index (Phi) is 6.33. The van der Waals surface area contributed by atoms with Gasteiger partial charge in [-0.05, 0) is 49.2 Å². The van der Waals surface area contributed by atoms with Crippen LogP contribution in [0.1, 0.15) is 11.1 Å². The van der Waals surface area contributed by atoms with Crippen LogP contribution < -0.4 is 10.6 Å². The Morgan fingerprint density at radius 2 is 1.64 bits per heavy atom. The van der Waals surface area contributed by atoms with Crippen molar-refractivity contribution in [2.45, 2.75) is 18.7 Å². The predicted molar refractivity (Wildman–Crippen MR) is 109 cm³/mol. The molecule has 0 unspecified atom stereocenters. The standard InChI is InChI=1S/C20H25N3O4S/c1-15-4-3-5-16(2)20(15)22-19(24)14-21-17-6-8-18(9-7-17)28(25,26)23-10-12-27-13-11-23/h3-9,21H,10-14H2,1-2H3,(H,22,24). The number of rotatable bonds is 6. The number of carbonyl (C=O) groups excluding carboxylic acids is 1. The van der Waals surface area contributed by atoms with E-state index in [-0.39, 0.29) is 17.3 Å². The van der Waals surface area contributed by atoms with Gasteiger partial charge in [0, 0.05) is 24.5 Å². The molecule has 0 atom stereocenters. The van der Waals surface area contributed by atoms with E-state index in [0.29, 0.717) is 32.0 Å². The zero-order chi connectivity index (χ0) is 20.1. The molecule has 7 nitrogen and oxygen atoms in total. The molecule has 1 aliphatic rings. The van der Waals surface area contributed by atoms with Gasteiger partial charge in [-0.2, -0.15) is 4.31 Å². The highest BCUT2D eigenvalue weighted by atomic mass is 32.2. The van der Waals surface area contributed by atoms with E-state index in [1.807, 2.05) is 32.0 Å². The van der Waals surface area contributed by atoms with Crippen LogP contribution in [0.15, 0.2) is 47.4 Å². The number of nitrogens with one attached hydrogen (secondary N) is 2. The van der Waals surface area contributed by atoms with Gasteiger partial charge in [-0.25, -0.2) is 8.42 Å². The fourth-order valence-electron chi connectivity index (χ4n) is 3.06. The van der Waals surface area contributed by atoms with Crippen LogP contribution in [0.5, 0.6) is 0 Å². The van der Waals surface area contributed by atoms with Gasteiger partial charge in [0.05, 0.1) is 24.7 Å². The van der Waals surface area contributed by atoms with E-state index < -0.39 is 10.0 Å². The maximum Gasteiger partial charge on any atom is 0.243 e. The monoisotopic (exact) mass is 403 g/mol. The lowest BCUT2D eigenvalue weighted by atomic mass is 10.1. The number of benzene rings is 2. The second-order valence-electron chi connectivity index (χ2n) is 6.71. The summed E-state index contributed by atoms with van der Waals surface area (Å²) in [6.45, 7) is 5.53. The van der Waals surface area contributed by atoms with Crippen molar-refractivity contribution in [3.63, 3.8) is 0 Å². The molecule has 2 N–H and O–H groups in total. The molecular weight excluding hydrogens is 378 g/mol. The zero-order valence-electron chi connectivity index (χ0n) is 16.1. The summed E-state index contributed by atoms with van der Waals surface area (Å²) in [5.74, 6) is -0.164. The highest BCUT2D eigenvalue weighted by Gasteiger charge is 2.26. The molecule has 1 amide bonds. The Morgan fingerprint density at radius 3 is 2.25 bits per heavy atom. The summed E-state index contributed by atoms with van der Waals surface area (Å²) in [6.07, 6.45) is 0. The SMILES string of the molecule is Cc1cccc(C)c1NC(=O)CNc1ccc(S(=O)(=O)N2CCOCC2)cc1. The van der Waals surface area contributed by atoms with Crippen LogP contribution in [0, 0.1) is 13.8 Å². The topological polar surface area (TPSA) is 87.7 Å². The molecule has 0 bridgehead atoms. The summed E-state index contributed by atoms with van der Waals surface area (Å²) >= 11 is 0. The number of nitrogens with zero attached hydrogens (tertiary/aromatic N) is 1. The molecule has 1 fully saturated rings. The van der Waals surface area contributed by atoms with E-state index >= 15 is 0 Å². The molecule has 150 valence electrons. The number of ether oxygens (including phenoxy) is 1. The Morgan fingerprint density at radius 1 is 1.04 bits per heavy atom. The molecule has 0 radical (unpaired) electrons. The fraction of sp³-hybridized carbons (Fsp3) is 0.350. The van der Waals surface area contributed by atoms with Crippen molar-refractivity contribution < 1.29 is 17.9 Å². The average molecular weight is 404 g/mol. The summed E-state index contributed by atoms with van der Waals surface area (Å²) in [5.41, 5.74) is 3.51. The lowest BCUT2D eigenvalue weighted by molar-refractivity contribution is -0.114. The smallest absolute Gasteiger partial charge is 0.243 e. The molecule has 1 saturated heterocycles. The number of morpholine rings is 1. The van der Waals surface area contributed by atoms with Crippen LogP contribution >= 0.6 is 0 Å². The lowest BCUT2D eigenvalue weighted by Gasteiger charge is -2.26. The molecule has 0 aromatic heterocycles. The molecule has 2 aromatic carbocycles. The van der Waals surface area contributed by atoms with Gasteiger partial charge in [-0.15, -0.1) is 0 Å². The number of hydrogen-bond acceptors (Lipinski definition) is 5. The fourth-order valence-corrected chi connectivity index (χ4v) is 4.47. The first-order valence-electron chi connectivity index (χ1n) is 9.16. The van der Waals surface area contributed by atoms with Crippen molar-refractivity contribution in [2.24, 2.45) is 0 Å². The summed E-state index contributed by atoms with van der Waals surface area (Å²) in [4.78, 5) is 12.5. The lowest BCUT2D eigenvalue weighted by Crippen LogP contribution is -2.40. The molecule has 0 spiro atoms. The maximum atomic E-state index is 12.6. The number of hydrogen-bond donors (Lipinski definition) is 2. The molecule has 2 aromatic rings. The number of amides is 1. The summed E-state index contributed by atoms with van der Waals surface area (Å²) in [6, 6.07) is 12.3. The summed E-state index contributed by atoms with van der Waals surface area (Å²) in [5, 5.41) is 5.93. The van der Waals surface area contributed by atoms with Crippen LogP contribution in [0.3, 0.4) is 0 Å². The quantitative estimate of drug-likeness (QED) is 0.773. The molecule has 1 heterocycles. The Balaban J connectivity index is 1.59. The number of aryl methyl sites for hydroxylation is 2. The van der Waals surface area contributed by atoms with Crippen LogP contribution in [0.25, 0.3) is 0 Å². The van der Waals surface area contributed by atoms with Crippen LogP contribution in [0.2, 0.25) is 0 Å². The minimum absolute atomic E-state index is 0.0866. The van der Waals surface area contributed by atoms with Gasteiger partial charge < -0.3 is 15.4 Å². The van der Waals surface area contributed by atoms with Gasteiger partial charge in [0.15, 0.2) is 0 Å². The second kappa shape index (κ2) is 8.72. The van der Waals surface area contributed by atoms with E-state index in [4.69, 9.17) is 4.74 Å². The minimum Gasteiger partial charge on any atom is -0.379 e. The van der Waals surface area contributed by atoms with Crippen LogP contribution in [0.4, 0.5) is 11.4 Å². The third-order valence-electron chi connectivity index (χ3n) is 4.66. The summed E-state index contributed by atoms with van der Waals surface area (Å²) < 4.78 is 31.9. The molecular formula is C20H25N3O4S. The zero-order valence-corrected chi connectivity index (χ0v) is 16.9. The van der Waals surface area contributed by atoms with Gasteiger partial charge in [-0.1, -0.05) is 18.2 Å². The third-order valence-corrected chi connectivity index (χ3v) is 6.57. The number of carbonyl (C=O) groups is 1. The van der Waals surface area contributed by atoms with Gasteiger partial charge in [0.2, 0.25) is 15.9 Å². The second-order valence-corrected chi connectivity index (χ2v) is 8.65. The van der Waals surface area contributed by atoms with Crippen molar-refractivity contribution in [1.29, 1.82) is 0 Å². The number of para-hydroxylation sites is 1. The van der Waals surface area contributed by atoms with E-state index in [0.717, 1.165) is 16.8 Å². The van der Waals surface area contributed by atoms with Crippen molar-refractivity contribution in [3.8, 4) is 0 Å². The van der Waals surface area contributed by atoms with E-state index in [1.165, 1.54) is 4.31 Å². The maximum absolute atomic E-state index is 12.6. The number of anilines is 2. The highest BCUT2D eigenvalue weighted by Crippen LogP contribution is 2.20. The summed E-state index contributed by atoms with van der Waals surface area (Å²) in [7, 11) is -3.51. The van der Waals surface area contributed by atoms with E-state index in [2.05, 4.69) is 10.6 Å². The molecule has 0 saturated carbocycles. The minimum atomic E-state index is -3.51. The highest BCUT2D eigenvalue weighted by molar-refractivity contribution is 7.89. The average Bonchev–Trinajstić information content (AvgIpc) is 2.70. The van der Waals surface area contributed by atoms with Crippen molar-refractivity contribution in [1.82, 2.24) is 4.31 Å². The Labute approximate surface area is 165 Å². The first-order valence-corrected chi connectivity index (χ1v) is 10.6. The largest absolute Gasteiger partial charge is 0.379 e. The van der Waals surface area contributed by atoms with Crippen LogP contribution in [-0.2, 0) is 19.6 Å². The molecule has 1 aliphatic heterocycles. The van der Waals surface area contributed by atoms with Crippen molar-refractivity contribution in [2.75, 3.05) is 43.5 Å². The van der Waals surface area contributed by atoms with Crippen molar-refractivity contribution >= 4 is 27.3 Å². The van der Waals surface area contributed by atoms with Gasteiger partial charge in [-0.3, -0.25) is 4.79 Å². The third kappa shape index (κ3) is 4.70. The number of sulfonamides is 1. The Hall–Kier alpha value is -2.42. The molecule has 28 heavy (non-hydrogen) atoms. The van der Waals surface area contributed by atoms with Crippen molar-refractivity contribution in [3.05, 3.63) is 53.6 Å². The molecule has 8 heteroatoms.